The van der Waals surface area contributed by atoms with Crippen LogP contribution in [0.1, 0.15) is 5.56 Å². The predicted octanol–water partition coefficient (Wildman–Crippen LogP) is 0.469. The van der Waals surface area contributed by atoms with Crippen molar-refractivity contribution in [3.8, 4) is 17.2 Å². The molecule has 0 radical (unpaired) electrons. The number of carbonyl (C=O) groups excluding carboxylic acids is 1. The summed E-state index contributed by atoms with van der Waals surface area (Å²) in [4.78, 5) is 10.5. The summed E-state index contributed by atoms with van der Waals surface area (Å²) in [7, 11) is 1.54. The molecule has 0 spiro atoms. The minimum atomic E-state index is -0.726. The number of methoxy groups -OCH3 is 1. The number of nitrogens with two attached hydrogens (primary N) is 1. The Morgan fingerprint density at radius 3 is 3.00 bits per heavy atom. The number of nitrogens with one attached hydrogen (secondary N) is 1. The molecule has 3 N–H and O–H groups in total. The molecule has 1 aliphatic heterocycles. The minimum Gasteiger partial charge on any atom is -0.493 e. The first-order valence-corrected chi connectivity index (χ1v) is 5.27. The van der Waals surface area contributed by atoms with Gasteiger partial charge in [-0.15, -0.1) is 0 Å². The summed E-state index contributed by atoms with van der Waals surface area (Å²) in [5, 5.41) is 3.66. The number of primary amides is 1. The summed E-state index contributed by atoms with van der Waals surface area (Å²) < 4.78 is 16.1. The second kappa shape index (κ2) is 5.26. The molecular formula is C11H13N3O4. The molecule has 2 amide bonds. The van der Waals surface area contributed by atoms with E-state index in [4.69, 9.17) is 19.9 Å². The summed E-state index contributed by atoms with van der Waals surface area (Å²) in [6.45, 7) is 0.969. The Hall–Kier alpha value is -2.44. The van der Waals surface area contributed by atoms with Crippen LogP contribution in [0.2, 0.25) is 0 Å². The van der Waals surface area contributed by atoms with Crippen LogP contribution in [-0.4, -0.2) is 32.6 Å². The van der Waals surface area contributed by atoms with Crippen molar-refractivity contribution < 1.29 is 19.0 Å². The van der Waals surface area contributed by atoms with Crippen molar-refractivity contribution in [2.24, 2.45) is 10.8 Å². The molecule has 0 aliphatic carbocycles. The highest BCUT2D eigenvalue weighted by atomic mass is 16.6. The Morgan fingerprint density at radius 2 is 2.28 bits per heavy atom. The van der Waals surface area contributed by atoms with E-state index >= 15 is 0 Å². The zero-order chi connectivity index (χ0) is 13.0. The molecule has 0 unspecified atom stereocenters. The van der Waals surface area contributed by atoms with Gasteiger partial charge in [0.1, 0.15) is 13.2 Å². The van der Waals surface area contributed by atoms with Gasteiger partial charge in [0.05, 0.1) is 13.3 Å². The average Bonchev–Trinajstić information content (AvgIpc) is 2.37. The number of ether oxygens (including phenoxy) is 3. The van der Waals surface area contributed by atoms with E-state index in [-0.39, 0.29) is 0 Å². The standard InChI is InChI=1S/C11H13N3O4/c1-16-8-4-7(6-13-14-11(12)15)5-9-10(8)18-3-2-17-9/h4-6H,2-3H2,1H3,(H3,12,14,15)/b13-6-. The summed E-state index contributed by atoms with van der Waals surface area (Å²) in [5.74, 6) is 1.71. The van der Waals surface area contributed by atoms with Crippen molar-refractivity contribution in [3.63, 3.8) is 0 Å². The fraction of sp³-hybridized carbons (Fsp3) is 0.273. The number of rotatable bonds is 3. The zero-order valence-corrected chi connectivity index (χ0v) is 9.80. The maximum atomic E-state index is 10.5. The second-order valence-electron chi connectivity index (χ2n) is 3.48. The maximum Gasteiger partial charge on any atom is 0.332 e. The SMILES string of the molecule is COc1cc(/C=N\NC(N)=O)cc2c1OCCO2. The van der Waals surface area contributed by atoms with Crippen LogP contribution in [0, 0.1) is 0 Å². The Bertz CT molecular complexity index is 470. The third kappa shape index (κ3) is 2.62. The van der Waals surface area contributed by atoms with Crippen LogP contribution >= 0.6 is 0 Å². The van der Waals surface area contributed by atoms with Gasteiger partial charge in [0.2, 0.25) is 5.75 Å². The van der Waals surface area contributed by atoms with Crippen molar-refractivity contribution in [2.75, 3.05) is 20.3 Å². The third-order valence-electron chi connectivity index (χ3n) is 2.24. The Kier molecular flexibility index (Phi) is 3.52. The van der Waals surface area contributed by atoms with E-state index in [9.17, 15) is 4.79 Å². The van der Waals surface area contributed by atoms with Crippen LogP contribution in [0.25, 0.3) is 0 Å². The normalized spacial score (nSPS) is 13.4. The predicted molar refractivity (Wildman–Crippen MR) is 64.3 cm³/mol. The molecule has 96 valence electrons. The van der Waals surface area contributed by atoms with Gasteiger partial charge in [-0.05, 0) is 12.1 Å². The highest BCUT2D eigenvalue weighted by Crippen LogP contribution is 2.39. The Morgan fingerprint density at radius 1 is 1.50 bits per heavy atom. The van der Waals surface area contributed by atoms with E-state index in [2.05, 4.69) is 10.5 Å². The summed E-state index contributed by atoms with van der Waals surface area (Å²) in [5.41, 5.74) is 7.70. The number of amides is 2. The lowest BCUT2D eigenvalue weighted by atomic mass is 10.2. The van der Waals surface area contributed by atoms with E-state index in [1.165, 1.54) is 13.3 Å². The summed E-state index contributed by atoms with van der Waals surface area (Å²) in [6, 6.07) is 2.74. The molecule has 1 aromatic carbocycles. The molecule has 0 fully saturated rings. The first-order valence-electron chi connectivity index (χ1n) is 5.27. The average molecular weight is 251 g/mol. The van der Waals surface area contributed by atoms with Crippen LogP contribution in [0.3, 0.4) is 0 Å². The van der Waals surface area contributed by atoms with Gasteiger partial charge in [0, 0.05) is 5.56 Å². The smallest absolute Gasteiger partial charge is 0.332 e. The van der Waals surface area contributed by atoms with Gasteiger partial charge in [-0.3, -0.25) is 0 Å². The van der Waals surface area contributed by atoms with Crippen molar-refractivity contribution in [1.29, 1.82) is 0 Å². The van der Waals surface area contributed by atoms with E-state index in [1.54, 1.807) is 12.1 Å². The van der Waals surface area contributed by atoms with Gasteiger partial charge < -0.3 is 19.9 Å². The van der Waals surface area contributed by atoms with Gasteiger partial charge in [-0.25, -0.2) is 10.2 Å². The Balaban J connectivity index is 2.26. The topological polar surface area (TPSA) is 95.2 Å². The van der Waals surface area contributed by atoms with Gasteiger partial charge in [-0.1, -0.05) is 0 Å². The largest absolute Gasteiger partial charge is 0.493 e. The molecule has 0 bridgehead atoms. The monoisotopic (exact) mass is 251 g/mol. The number of hydrogen-bond donors (Lipinski definition) is 2. The fourth-order valence-electron chi connectivity index (χ4n) is 1.54. The van der Waals surface area contributed by atoms with E-state index in [0.29, 0.717) is 36.0 Å². The maximum absolute atomic E-state index is 10.5. The van der Waals surface area contributed by atoms with E-state index in [1.807, 2.05) is 0 Å². The molecule has 1 aliphatic rings. The van der Waals surface area contributed by atoms with Crippen molar-refractivity contribution in [3.05, 3.63) is 17.7 Å². The van der Waals surface area contributed by atoms with Crippen molar-refractivity contribution in [1.82, 2.24) is 5.43 Å². The highest BCUT2D eigenvalue weighted by Gasteiger charge is 2.17. The van der Waals surface area contributed by atoms with Crippen LogP contribution < -0.4 is 25.4 Å². The van der Waals surface area contributed by atoms with Gasteiger partial charge >= 0.3 is 6.03 Å². The number of fused-ring (bicyclic) bond motifs is 1. The molecule has 0 saturated heterocycles. The summed E-state index contributed by atoms with van der Waals surface area (Å²) >= 11 is 0. The molecule has 18 heavy (non-hydrogen) atoms. The van der Waals surface area contributed by atoms with Crippen molar-refractivity contribution >= 4 is 12.2 Å². The molecule has 1 aromatic rings. The van der Waals surface area contributed by atoms with Crippen LogP contribution in [0.4, 0.5) is 4.79 Å². The molecule has 2 rings (SSSR count). The molecule has 0 aromatic heterocycles. The minimum absolute atomic E-state index is 0.482. The molecule has 7 nitrogen and oxygen atoms in total. The van der Waals surface area contributed by atoms with Crippen LogP contribution in [0.15, 0.2) is 17.2 Å². The molecule has 0 atom stereocenters. The fourth-order valence-corrected chi connectivity index (χ4v) is 1.54. The first-order chi connectivity index (χ1) is 8.70. The lowest BCUT2D eigenvalue weighted by molar-refractivity contribution is 0.165. The lowest BCUT2D eigenvalue weighted by Gasteiger charge is -2.20. The number of benzene rings is 1. The number of carbonyl (C=O) groups is 1. The molecule has 0 saturated carbocycles. The number of nitrogens with zero attached hydrogens (tertiary/aromatic N) is 1. The third-order valence-corrected chi connectivity index (χ3v) is 2.24. The van der Waals surface area contributed by atoms with Gasteiger partial charge in [-0.2, -0.15) is 5.10 Å². The van der Waals surface area contributed by atoms with Crippen LogP contribution in [0.5, 0.6) is 17.2 Å². The van der Waals surface area contributed by atoms with E-state index in [0.717, 1.165) is 0 Å². The van der Waals surface area contributed by atoms with Gasteiger partial charge in [0.25, 0.3) is 0 Å². The number of hydrogen-bond acceptors (Lipinski definition) is 5. The lowest BCUT2D eigenvalue weighted by Crippen LogP contribution is -2.24. The number of urea groups is 1. The summed E-state index contributed by atoms with van der Waals surface area (Å²) in [6.07, 6.45) is 1.44. The van der Waals surface area contributed by atoms with Crippen LogP contribution in [-0.2, 0) is 0 Å². The first kappa shape index (κ1) is 12.0. The van der Waals surface area contributed by atoms with Gasteiger partial charge in [0.15, 0.2) is 11.5 Å². The second-order valence-corrected chi connectivity index (χ2v) is 3.48. The Labute approximate surface area is 104 Å². The van der Waals surface area contributed by atoms with E-state index < -0.39 is 6.03 Å². The quantitative estimate of drug-likeness (QED) is 0.603. The molecule has 1 heterocycles. The molecular weight excluding hydrogens is 238 g/mol. The number of hydrazone groups is 1. The highest BCUT2D eigenvalue weighted by molar-refractivity contribution is 5.83. The molecule has 7 heteroatoms. The zero-order valence-electron chi connectivity index (χ0n) is 9.80. The van der Waals surface area contributed by atoms with Crippen molar-refractivity contribution in [2.45, 2.75) is 0 Å².